The van der Waals surface area contributed by atoms with Crippen LogP contribution in [0, 0.1) is 20.8 Å². The minimum atomic E-state index is 0.364. The van der Waals surface area contributed by atoms with Crippen molar-refractivity contribution in [1.82, 2.24) is 14.7 Å². The zero-order valence-corrected chi connectivity index (χ0v) is 13.9. The first kappa shape index (κ1) is 13.8. The van der Waals surface area contributed by atoms with Crippen LogP contribution in [0.1, 0.15) is 39.7 Å². The van der Waals surface area contributed by atoms with Crippen molar-refractivity contribution in [3.63, 3.8) is 0 Å². The normalized spacial score (nSPS) is 13.2. The lowest BCUT2D eigenvalue weighted by Crippen LogP contribution is -2.19. The fourth-order valence-electron chi connectivity index (χ4n) is 2.59. The molecule has 0 aromatic carbocycles. The van der Waals surface area contributed by atoms with Gasteiger partial charge in [0.1, 0.15) is 0 Å². The number of fused-ring (bicyclic) bond motifs is 1. The Morgan fingerprint density at radius 1 is 1.35 bits per heavy atom. The molecule has 0 amide bonds. The lowest BCUT2D eigenvalue weighted by molar-refractivity contribution is 0.564. The van der Waals surface area contributed by atoms with Crippen LogP contribution < -0.4 is 5.32 Å². The fourth-order valence-corrected chi connectivity index (χ4v) is 4.39. The Hall–Kier alpha value is -1.17. The Kier molecular flexibility index (Phi) is 3.67. The van der Waals surface area contributed by atoms with Crippen molar-refractivity contribution in [3.8, 4) is 0 Å². The Morgan fingerprint density at radius 3 is 2.85 bits per heavy atom. The predicted octanol–water partition coefficient (Wildman–Crippen LogP) is 4.23. The lowest BCUT2D eigenvalue weighted by atomic mass is 10.1. The maximum absolute atomic E-state index is 4.59. The van der Waals surface area contributed by atoms with Gasteiger partial charge in [0, 0.05) is 33.9 Å². The third-order valence-electron chi connectivity index (χ3n) is 3.68. The monoisotopic (exact) mass is 305 g/mol. The summed E-state index contributed by atoms with van der Waals surface area (Å²) in [5, 5.41) is 5.71. The van der Waals surface area contributed by atoms with Gasteiger partial charge >= 0.3 is 0 Å². The number of rotatable bonds is 4. The summed E-state index contributed by atoms with van der Waals surface area (Å²) >= 11 is 3.56. The summed E-state index contributed by atoms with van der Waals surface area (Å²) in [6, 6.07) is 2.66. The van der Waals surface area contributed by atoms with Crippen LogP contribution in [0.3, 0.4) is 0 Å². The molecule has 1 unspecified atom stereocenters. The molecular formula is C15H19N3S2. The zero-order chi connectivity index (χ0) is 14.3. The van der Waals surface area contributed by atoms with Crippen LogP contribution in [0.5, 0.6) is 0 Å². The van der Waals surface area contributed by atoms with Gasteiger partial charge in [0.15, 0.2) is 4.96 Å². The van der Waals surface area contributed by atoms with Crippen molar-refractivity contribution in [2.75, 3.05) is 0 Å². The van der Waals surface area contributed by atoms with E-state index < -0.39 is 0 Å². The van der Waals surface area contributed by atoms with Gasteiger partial charge in [-0.2, -0.15) is 0 Å². The first-order valence-corrected chi connectivity index (χ1v) is 8.47. The summed E-state index contributed by atoms with van der Waals surface area (Å²) in [6.45, 7) is 9.53. The first-order chi connectivity index (χ1) is 9.56. The van der Waals surface area contributed by atoms with Crippen molar-refractivity contribution in [1.29, 1.82) is 0 Å². The largest absolute Gasteiger partial charge is 0.305 e. The molecular weight excluding hydrogens is 286 g/mol. The number of thiazole rings is 1. The molecule has 0 saturated carbocycles. The van der Waals surface area contributed by atoms with Crippen LogP contribution in [0.4, 0.5) is 0 Å². The van der Waals surface area contributed by atoms with Gasteiger partial charge in [-0.3, -0.25) is 4.40 Å². The van der Waals surface area contributed by atoms with E-state index >= 15 is 0 Å². The van der Waals surface area contributed by atoms with Crippen molar-refractivity contribution in [3.05, 3.63) is 44.3 Å². The molecule has 0 bridgehead atoms. The molecule has 3 aromatic heterocycles. The Morgan fingerprint density at radius 2 is 2.15 bits per heavy atom. The summed E-state index contributed by atoms with van der Waals surface area (Å²) in [7, 11) is 0. The zero-order valence-electron chi connectivity index (χ0n) is 12.2. The van der Waals surface area contributed by atoms with E-state index in [9.17, 15) is 0 Å². The third-order valence-corrected chi connectivity index (χ3v) is 5.42. The number of nitrogens with one attached hydrogen (secondary N) is 1. The van der Waals surface area contributed by atoms with Gasteiger partial charge in [-0.25, -0.2) is 4.98 Å². The molecule has 0 radical (unpaired) electrons. The SMILES string of the molecule is Cc1cc(C(C)NCc2c(C)nc3sccn23)c(C)s1. The highest BCUT2D eigenvalue weighted by Gasteiger charge is 2.14. The first-order valence-electron chi connectivity index (χ1n) is 6.77. The summed E-state index contributed by atoms with van der Waals surface area (Å²) in [5.74, 6) is 0. The molecule has 20 heavy (non-hydrogen) atoms. The molecule has 0 aliphatic rings. The number of nitrogens with zero attached hydrogens (tertiary/aromatic N) is 2. The van der Waals surface area contributed by atoms with E-state index in [1.54, 1.807) is 11.3 Å². The Balaban J connectivity index is 1.77. The van der Waals surface area contributed by atoms with Crippen LogP contribution >= 0.6 is 22.7 Å². The summed E-state index contributed by atoms with van der Waals surface area (Å²) < 4.78 is 2.19. The molecule has 3 nitrogen and oxygen atoms in total. The molecule has 0 saturated heterocycles. The molecule has 3 rings (SSSR count). The third kappa shape index (κ3) is 2.41. The molecule has 1 N–H and O–H groups in total. The maximum Gasteiger partial charge on any atom is 0.194 e. The van der Waals surface area contributed by atoms with Crippen molar-refractivity contribution in [2.24, 2.45) is 0 Å². The van der Waals surface area contributed by atoms with E-state index in [1.807, 2.05) is 11.3 Å². The molecule has 0 fully saturated rings. The van der Waals surface area contributed by atoms with Crippen LogP contribution in [0.15, 0.2) is 17.6 Å². The highest BCUT2D eigenvalue weighted by atomic mass is 32.1. The fraction of sp³-hybridized carbons (Fsp3) is 0.400. The lowest BCUT2D eigenvalue weighted by Gasteiger charge is -2.14. The molecule has 3 heterocycles. The van der Waals surface area contributed by atoms with Crippen LogP contribution in [0.2, 0.25) is 0 Å². The second-order valence-electron chi connectivity index (χ2n) is 5.17. The van der Waals surface area contributed by atoms with E-state index in [0.29, 0.717) is 6.04 Å². The standard InChI is InChI=1S/C15H19N3S2/c1-9-7-13(12(4)20-9)10(2)16-8-14-11(3)17-15-18(14)5-6-19-15/h5-7,10,16H,8H2,1-4H3. The summed E-state index contributed by atoms with van der Waals surface area (Å²) in [4.78, 5) is 8.46. The number of aryl methyl sites for hydroxylation is 3. The summed E-state index contributed by atoms with van der Waals surface area (Å²) in [6.07, 6.45) is 2.10. The second kappa shape index (κ2) is 5.31. The quantitative estimate of drug-likeness (QED) is 0.781. The Bertz CT molecular complexity index is 736. The van der Waals surface area contributed by atoms with Crippen molar-refractivity contribution < 1.29 is 0 Å². The Labute approximate surface area is 127 Å². The van der Waals surface area contributed by atoms with Crippen LogP contribution in [-0.2, 0) is 6.54 Å². The van der Waals surface area contributed by atoms with Crippen LogP contribution in [-0.4, -0.2) is 9.38 Å². The topological polar surface area (TPSA) is 29.3 Å². The van der Waals surface area contributed by atoms with E-state index in [0.717, 1.165) is 17.2 Å². The van der Waals surface area contributed by atoms with Gasteiger partial charge in [0.25, 0.3) is 0 Å². The maximum atomic E-state index is 4.59. The highest BCUT2D eigenvalue weighted by molar-refractivity contribution is 7.15. The van der Waals surface area contributed by atoms with Crippen molar-refractivity contribution in [2.45, 2.75) is 40.3 Å². The van der Waals surface area contributed by atoms with E-state index in [1.165, 1.54) is 21.0 Å². The van der Waals surface area contributed by atoms with Gasteiger partial charge in [-0.15, -0.1) is 22.7 Å². The average Bonchev–Trinajstić information content (AvgIpc) is 3.02. The smallest absolute Gasteiger partial charge is 0.194 e. The van der Waals surface area contributed by atoms with Gasteiger partial charge in [0.2, 0.25) is 0 Å². The number of thiophene rings is 1. The molecule has 1 atom stereocenters. The van der Waals surface area contributed by atoms with E-state index in [2.05, 4.69) is 60.0 Å². The number of hydrogen-bond acceptors (Lipinski definition) is 4. The van der Waals surface area contributed by atoms with Crippen LogP contribution in [0.25, 0.3) is 4.96 Å². The van der Waals surface area contributed by atoms with Gasteiger partial charge in [0.05, 0.1) is 11.4 Å². The minimum absolute atomic E-state index is 0.364. The van der Waals surface area contributed by atoms with E-state index in [4.69, 9.17) is 0 Å². The highest BCUT2D eigenvalue weighted by Crippen LogP contribution is 2.26. The molecule has 0 aliphatic carbocycles. The number of hydrogen-bond donors (Lipinski definition) is 1. The number of aromatic nitrogens is 2. The van der Waals surface area contributed by atoms with Gasteiger partial charge in [-0.1, -0.05) is 0 Å². The number of imidazole rings is 1. The van der Waals surface area contributed by atoms with E-state index in [-0.39, 0.29) is 0 Å². The molecule has 106 valence electrons. The molecule has 3 aromatic rings. The predicted molar refractivity (Wildman–Crippen MR) is 86.9 cm³/mol. The average molecular weight is 305 g/mol. The van der Waals surface area contributed by atoms with Crippen molar-refractivity contribution >= 4 is 27.6 Å². The second-order valence-corrected chi connectivity index (χ2v) is 7.50. The minimum Gasteiger partial charge on any atom is -0.305 e. The molecule has 0 aliphatic heterocycles. The summed E-state index contributed by atoms with van der Waals surface area (Å²) in [5.41, 5.74) is 3.80. The van der Waals surface area contributed by atoms with Gasteiger partial charge < -0.3 is 5.32 Å². The van der Waals surface area contributed by atoms with Gasteiger partial charge in [-0.05, 0) is 39.3 Å². The molecule has 5 heteroatoms. The molecule has 0 spiro atoms.